The normalized spacial score (nSPS) is 14.6. The first-order valence-corrected chi connectivity index (χ1v) is 12.1. The van der Waals surface area contributed by atoms with Gasteiger partial charge in [0.1, 0.15) is 5.75 Å². The molecule has 1 fully saturated rings. The summed E-state index contributed by atoms with van der Waals surface area (Å²) in [6, 6.07) is 14.0. The number of ether oxygens (including phenoxy) is 2. The Kier molecular flexibility index (Phi) is 7.73. The number of hydrogen-bond acceptors (Lipinski definition) is 6. The Morgan fingerprint density at radius 1 is 1.19 bits per heavy atom. The number of hydrogen-bond donors (Lipinski definition) is 0. The van der Waals surface area contributed by atoms with Gasteiger partial charge >= 0.3 is 0 Å². The molecule has 3 aromatic rings. The highest BCUT2D eigenvalue weighted by Gasteiger charge is 2.21. The van der Waals surface area contributed by atoms with E-state index in [1.54, 1.807) is 11.3 Å². The lowest BCUT2D eigenvalue weighted by Gasteiger charge is -2.27. The minimum atomic E-state index is 0.0758. The maximum absolute atomic E-state index is 13.4. The van der Waals surface area contributed by atoms with Crippen molar-refractivity contribution >= 4 is 32.6 Å². The summed E-state index contributed by atoms with van der Waals surface area (Å²) in [5.41, 5.74) is 3.13. The molecule has 7 heteroatoms. The molecule has 0 N–H and O–H groups in total. The van der Waals surface area contributed by atoms with Gasteiger partial charge in [0, 0.05) is 26.2 Å². The average Bonchev–Trinajstić information content (AvgIpc) is 3.21. The zero-order chi connectivity index (χ0) is 22.3. The largest absolute Gasteiger partial charge is 0.494 e. The quantitative estimate of drug-likeness (QED) is 0.484. The molecule has 32 heavy (non-hydrogen) atoms. The molecule has 4 rings (SSSR count). The Balaban J connectivity index is 1.49. The fourth-order valence-electron chi connectivity index (χ4n) is 3.88. The van der Waals surface area contributed by atoms with Crippen LogP contribution in [0.4, 0.5) is 5.13 Å². The van der Waals surface area contributed by atoms with Crippen LogP contribution < -0.4 is 9.64 Å². The smallest absolute Gasteiger partial charge is 0.233 e. The van der Waals surface area contributed by atoms with E-state index in [0.29, 0.717) is 19.6 Å². The molecule has 0 saturated carbocycles. The van der Waals surface area contributed by atoms with Gasteiger partial charge in [0.15, 0.2) is 5.13 Å². The van der Waals surface area contributed by atoms with E-state index in [0.717, 1.165) is 65.9 Å². The minimum absolute atomic E-state index is 0.0758. The molecule has 2 aromatic carbocycles. The second kappa shape index (κ2) is 10.9. The van der Waals surface area contributed by atoms with E-state index in [4.69, 9.17) is 14.5 Å². The summed E-state index contributed by atoms with van der Waals surface area (Å²) in [5, 5.41) is 0.781. The highest BCUT2D eigenvalue weighted by atomic mass is 32.1. The molecule has 0 radical (unpaired) electrons. The number of fused-ring (bicyclic) bond motifs is 1. The third-order valence-electron chi connectivity index (χ3n) is 5.61. The summed E-state index contributed by atoms with van der Waals surface area (Å²) in [4.78, 5) is 22.4. The number of anilines is 1. The number of rotatable bonds is 9. The van der Waals surface area contributed by atoms with Gasteiger partial charge in [-0.05, 0) is 55.7 Å². The van der Waals surface area contributed by atoms with Gasteiger partial charge in [0.2, 0.25) is 5.91 Å². The van der Waals surface area contributed by atoms with E-state index in [1.165, 1.54) is 5.56 Å². The van der Waals surface area contributed by atoms with Gasteiger partial charge in [-0.1, -0.05) is 29.5 Å². The zero-order valence-corrected chi connectivity index (χ0v) is 19.7. The Hall–Kier alpha value is -2.48. The molecule has 0 spiro atoms. The highest BCUT2D eigenvalue weighted by molar-refractivity contribution is 7.22. The van der Waals surface area contributed by atoms with Crippen molar-refractivity contribution in [3.05, 3.63) is 53.6 Å². The van der Waals surface area contributed by atoms with Crippen LogP contribution in [0.1, 0.15) is 24.5 Å². The predicted octanol–water partition coefficient (Wildman–Crippen LogP) is 4.30. The van der Waals surface area contributed by atoms with Crippen molar-refractivity contribution < 1.29 is 14.3 Å². The van der Waals surface area contributed by atoms with Gasteiger partial charge in [0.05, 0.1) is 36.5 Å². The predicted molar refractivity (Wildman–Crippen MR) is 130 cm³/mol. The molecule has 1 aliphatic heterocycles. The van der Waals surface area contributed by atoms with Crippen LogP contribution in [-0.4, -0.2) is 61.8 Å². The topological polar surface area (TPSA) is 54.9 Å². The van der Waals surface area contributed by atoms with Crippen molar-refractivity contribution in [2.24, 2.45) is 0 Å². The summed E-state index contributed by atoms with van der Waals surface area (Å²) < 4.78 is 12.1. The van der Waals surface area contributed by atoms with Gasteiger partial charge in [0.25, 0.3) is 0 Å². The van der Waals surface area contributed by atoms with Gasteiger partial charge in [-0.2, -0.15) is 0 Å². The Labute approximate surface area is 193 Å². The molecule has 1 saturated heterocycles. The van der Waals surface area contributed by atoms with E-state index < -0.39 is 0 Å². The minimum Gasteiger partial charge on any atom is -0.494 e. The molecular weight excluding hydrogens is 422 g/mol. The average molecular weight is 454 g/mol. The number of aromatic nitrogens is 1. The van der Waals surface area contributed by atoms with Crippen LogP contribution in [0.3, 0.4) is 0 Å². The van der Waals surface area contributed by atoms with Gasteiger partial charge in [-0.25, -0.2) is 4.98 Å². The number of carbonyl (C=O) groups excluding carboxylic acids is 1. The third-order valence-corrected chi connectivity index (χ3v) is 6.66. The van der Waals surface area contributed by atoms with Crippen molar-refractivity contribution in [1.82, 2.24) is 9.88 Å². The van der Waals surface area contributed by atoms with Crippen LogP contribution in [-0.2, 0) is 16.0 Å². The fourth-order valence-corrected chi connectivity index (χ4v) is 4.99. The number of amides is 1. The second-order valence-electron chi connectivity index (χ2n) is 8.07. The SMILES string of the molecule is CCOc1ccc(CC(=O)N(CCCN2CCOCC2)c2nc3ccc(C)cc3s2)cc1. The van der Waals surface area contributed by atoms with Crippen LogP contribution in [0.2, 0.25) is 0 Å². The van der Waals surface area contributed by atoms with E-state index in [9.17, 15) is 4.79 Å². The lowest BCUT2D eigenvalue weighted by Crippen LogP contribution is -2.39. The van der Waals surface area contributed by atoms with E-state index in [2.05, 4.69) is 24.0 Å². The van der Waals surface area contributed by atoms with Gasteiger partial charge in [-0.15, -0.1) is 0 Å². The zero-order valence-electron chi connectivity index (χ0n) is 18.9. The van der Waals surface area contributed by atoms with Crippen molar-refractivity contribution in [3.8, 4) is 5.75 Å². The van der Waals surface area contributed by atoms with Crippen LogP contribution in [0.25, 0.3) is 10.2 Å². The number of morpholine rings is 1. The first-order chi connectivity index (χ1) is 15.6. The number of nitrogens with zero attached hydrogens (tertiary/aromatic N) is 3. The molecule has 0 aliphatic carbocycles. The number of carbonyl (C=O) groups is 1. The van der Waals surface area contributed by atoms with Crippen LogP contribution in [0, 0.1) is 6.92 Å². The number of thiazole rings is 1. The molecule has 170 valence electrons. The lowest BCUT2D eigenvalue weighted by molar-refractivity contribution is -0.118. The maximum atomic E-state index is 13.4. The van der Waals surface area contributed by atoms with Crippen LogP contribution in [0.15, 0.2) is 42.5 Å². The lowest BCUT2D eigenvalue weighted by atomic mass is 10.1. The Bertz CT molecular complexity index is 1030. The van der Waals surface area contributed by atoms with Crippen molar-refractivity contribution in [3.63, 3.8) is 0 Å². The second-order valence-corrected chi connectivity index (χ2v) is 9.08. The van der Waals surface area contributed by atoms with Gasteiger partial charge < -0.3 is 9.47 Å². The van der Waals surface area contributed by atoms with E-state index >= 15 is 0 Å². The monoisotopic (exact) mass is 453 g/mol. The summed E-state index contributed by atoms with van der Waals surface area (Å²) >= 11 is 1.59. The number of benzene rings is 2. The molecule has 2 heterocycles. The summed E-state index contributed by atoms with van der Waals surface area (Å²) in [5.74, 6) is 0.902. The molecule has 0 unspecified atom stereocenters. The summed E-state index contributed by atoms with van der Waals surface area (Å²) in [6.07, 6.45) is 1.25. The summed E-state index contributed by atoms with van der Waals surface area (Å²) in [7, 11) is 0. The fraction of sp³-hybridized carbons (Fsp3) is 0.440. The van der Waals surface area contributed by atoms with E-state index in [1.807, 2.05) is 42.2 Å². The first kappa shape index (κ1) is 22.7. The highest BCUT2D eigenvalue weighted by Crippen LogP contribution is 2.30. The Morgan fingerprint density at radius 2 is 1.97 bits per heavy atom. The maximum Gasteiger partial charge on any atom is 0.233 e. The van der Waals surface area contributed by atoms with E-state index in [-0.39, 0.29) is 5.91 Å². The first-order valence-electron chi connectivity index (χ1n) is 11.3. The van der Waals surface area contributed by atoms with Crippen molar-refractivity contribution in [2.75, 3.05) is 50.9 Å². The standard InChI is InChI=1S/C25H31N3O3S/c1-3-31-21-8-6-20(7-9-21)18-24(29)28(12-4-11-27-13-15-30-16-14-27)25-26-22-10-5-19(2)17-23(22)32-25/h5-10,17H,3-4,11-16,18H2,1-2H3. The molecular formula is C25H31N3O3S. The molecule has 1 aliphatic rings. The number of aryl methyl sites for hydroxylation is 1. The van der Waals surface area contributed by atoms with Crippen LogP contribution >= 0.6 is 11.3 Å². The van der Waals surface area contributed by atoms with Crippen molar-refractivity contribution in [1.29, 1.82) is 0 Å². The molecule has 0 bridgehead atoms. The third kappa shape index (κ3) is 5.85. The summed E-state index contributed by atoms with van der Waals surface area (Å²) in [6.45, 7) is 9.79. The molecule has 0 atom stereocenters. The molecule has 1 aromatic heterocycles. The van der Waals surface area contributed by atoms with Gasteiger partial charge in [-0.3, -0.25) is 14.6 Å². The Morgan fingerprint density at radius 3 is 2.72 bits per heavy atom. The van der Waals surface area contributed by atoms with Crippen LogP contribution in [0.5, 0.6) is 5.75 Å². The molecule has 6 nitrogen and oxygen atoms in total. The van der Waals surface area contributed by atoms with Crippen molar-refractivity contribution in [2.45, 2.75) is 26.7 Å². The molecule has 1 amide bonds.